The van der Waals surface area contributed by atoms with Gasteiger partial charge in [-0.1, -0.05) is 13.3 Å². The van der Waals surface area contributed by atoms with Crippen LogP contribution < -0.4 is 0 Å². The Morgan fingerprint density at radius 2 is 1.68 bits per heavy atom. The van der Waals surface area contributed by atoms with Crippen LogP contribution in [0.15, 0.2) is 48.5 Å². The number of aryl methyl sites for hydroxylation is 1. The predicted octanol–water partition coefficient (Wildman–Crippen LogP) is 5.11. The molecule has 0 saturated heterocycles. The zero-order valence-electron chi connectivity index (χ0n) is 21.0. The molecule has 0 aliphatic carbocycles. The fourth-order valence-corrected chi connectivity index (χ4v) is 7.58. The van der Waals surface area contributed by atoms with Gasteiger partial charge in [-0.05, 0) is 0 Å². The number of hydrogen-bond donors (Lipinski definition) is 0. The van der Waals surface area contributed by atoms with Crippen molar-refractivity contribution >= 4 is 18.7 Å². The second-order valence-electron chi connectivity index (χ2n) is 9.68. The summed E-state index contributed by atoms with van der Waals surface area (Å²) in [5, 5.41) is 17.5. The van der Waals surface area contributed by atoms with Crippen molar-refractivity contribution in [3.8, 4) is 22.5 Å². The number of methoxy groups -OCH3 is 1. The normalized spacial score (nSPS) is 11.8. The van der Waals surface area contributed by atoms with Gasteiger partial charge in [0.15, 0.2) is 0 Å². The molecule has 0 bridgehead atoms. The minimum Gasteiger partial charge on any atom is -0.378 e. The van der Waals surface area contributed by atoms with Crippen LogP contribution in [-0.2, 0) is 31.2 Å². The van der Waals surface area contributed by atoms with E-state index in [0.29, 0.717) is 6.61 Å². The summed E-state index contributed by atoms with van der Waals surface area (Å²) in [4.78, 5) is 6.94. The van der Waals surface area contributed by atoms with Gasteiger partial charge in [0.2, 0.25) is 0 Å². The van der Waals surface area contributed by atoms with Crippen LogP contribution in [0.5, 0.6) is 0 Å². The molecule has 0 saturated carbocycles. The minimum atomic E-state index is -2.53. The molecule has 4 rings (SSSR count). The summed E-state index contributed by atoms with van der Waals surface area (Å²) < 4.78 is 9.53. The summed E-state index contributed by atoms with van der Waals surface area (Å²) in [6.07, 6.45) is 2.95. The molecule has 178 valence electrons. The van der Waals surface area contributed by atoms with E-state index in [-0.39, 0.29) is 0 Å². The third-order valence-corrected chi connectivity index (χ3v) is 10.5. The van der Waals surface area contributed by atoms with Gasteiger partial charge in [-0.25, -0.2) is 0 Å². The van der Waals surface area contributed by atoms with E-state index in [1.165, 1.54) is 16.8 Å². The van der Waals surface area contributed by atoms with E-state index in [9.17, 15) is 0 Å². The van der Waals surface area contributed by atoms with Gasteiger partial charge in [-0.2, -0.15) is 0 Å². The molecule has 7 nitrogen and oxygen atoms in total. The molecule has 4 aromatic rings. The number of tetrazole rings is 1. The van der Waals surface area contributed by atoms with Gasteiger partial charge in [0.25, 0.3) is 0 Å². The zero-order chi connectivity index (χ0) is 24.3. The molecule has 0 radical (unpaired) electrons. The van der Waals surface area contributed by atoms with Crippen LogP contribution in [0.25, 0.3) is 22.5 Å². The van der Waals surface area contributed by atoms with Crippen molar-refractivity contribution < 1.29 is 4.74 Å². The van der Waals surface area contributed by atoms with Crippen molar-refractivity contribution in [1.29, 1.82) is 0 Å². The summed E-state index contributed by atoms with van der Waals surface area (Å²) in [7, 11) is 3.76. The fourth-order valence-electron chi connectivity index (χ4n) is 4.41. The third-order valence-electron chi connectivity index (χ3n) is 6.04. The molecule has 2 aromatic carbocycles. The van der Waals surface area contributed by atoms with E-state index in [1.807, 2.05) is 11.7 Å². The standard InChI is InChI=1S/C23H25N6O.3CH3.Sn/c1-4-7-22-20(21(15-30-3)26-29(22)2)14-16-10-12-17(13-11-16)18-8-5-6-9-19(18)23-24-27-28-25-23;;;;/h5-6,8-13H,4,7,14-15H2,1-3H3;3*1H3;/q-1;;;;+1. The van der Waals surface area contributed by atoms with Crippen LogP contribution in [0.3, 0.4) is 0 Å². The molecule has 0 aliphatic heterocycles. The van der Waals surface area contributed by atoms with E-state index in [2.05, 4.69) is 88.7 Å². The molecule has 0 aliphatic rings. The average molecular weight is 565 g/mol. The zero-order valence-corrected chi connectivity index (χ0v) is 23.9. The Morgan fingerprint density at radius 1 is 0.971 bits per heavy atom. The molecule has 2 heterocycles. The quantitative estimate of drug-likeness (QED) is 0.264. The van der Waals surface area contributed by atoms with Crippen molar-refractivity contribution in [3.05, 3.63) is 71.0 Å². The maximum atomic E-state index is 5.42. The first-order valence-electron chi connectivity index (χ1n) is 11.8. The van der Waals surface area contributed by atoms with E-state index in [4.69, 9.17) is 9.84 Å². The number of hydrogen-bond acceptors (Lipinski definition) is 5. The van der Waals surface area contributed by atoms with Crippen LogP contribution in [-0.4, -0.2) is 54.0 Å². The van der Waals surface area contributed by atoms with Crippen molar-refractivity contribution in [1.82, 2.24) is 28.2 Å². The van der Waals surface area contributed by atoms with Crippen LogP contribution in [0.1, 0.15) is 35.9 Å². The van der Waals surface area contributed by atoms with E-state index >= 15 is 0 Å². The maximum absolute atomic E-state index is 5.42. The first-order chi connectivity index (χ1) is 16.3. The SMILES string of the molecule is CCCc1c(Cc2ccc(-c3ccccc3-c3nnn[n]3[Sn]([CH3])([CH3])[CH3])cc2)c(COC)nn1C. The Hall–Kier alpha value is -2.52. The van der Waals surface area contributed by atoms with E-state index < -0.39 is 18.7 Å². The van der Waals surface area contributed by atoms with Gasteiger partial charge in [-0.15, -0.1) is 0 Å². The van der Waals surface area contributed by atoms with E-state index in [1.54, 1.807) is 7.11 Å². The molecule has 0 atom stereocenters. The van der Waals surface area contributed by atoms with Gasteiger partial charge in [0.1, 0.15) is 0 Å². The van der Waals surface area contributed by atoms with Gasteiger partial charge >= 0.3 is 175 Å². The van der Waals surface area contributed by atoms with Crippen molar-refractivity contribution in [2.45, 2.75) is 47.6 Å². The fraction of sp³-hybridized carbons (Fsp3) is 0.385. The number of ether oxygens (including phenoxy) is 1. The Bertz CT molecular complexity index is 1250. The molecule has 0 fully saturated rings. The van der Waals surface area contributed by atoms with Crippen LogP contribution in [0.4, 0.5) is 0 Å². The third kappa shape index (κ3) is 5.10. The molecule has 0 amide bonds. The summed E-state index contributed by atoms with van der Waals surface area (Å²) >= 11 is -2.53. The van der Waals surface area contributed by atoms with Crippen molar-refractivity contribution in [2.75, 3.05) is 7.11 Å². The van der Waals surface area contributed by atoms with Gasteiger partial charge in [-0.3, -0.25) is 0 Å². The molecular weight excluding hydrogens is 531 g/mol. The molecule has 8 heteroatoms. The smallest absolute Gasteiger partial charge is 0.378 e. The summed E-state index contributed by atoms with van der Waals surface area (Å²) in [5.41, 5.74) is 8.26. The molecular formula is C26H34N6OSn. The number of rotatable bonds is 9. The minimum absolute atomic E-state index is 0.534. The Kier molecular flexibility index (Phi) is 7.52. The summed E-state index contributed by atoms with van der Waals surface area (Å²) in [6, 6.07) is 17.2. The molecule has 0 spiro atoms. The molecule has 2 aromatic heterocycles. The number of benzene rings is 2. The van der Waals surface area contributed by atoms with Gasteiger partial charge in [0.05, 0.1) is 0 Å². The first-order valence-corrected chi connectivity index (χ1v) is 21.7. The van der Waals surface area contributed by atoms with Crippen molar-refractivity contribution in [3.63, 3.8) is 0 Å². The van der Waals surface area contributed by atoms with Crippen LogP contribution >= 0.6 is 0 Å². The second kappa shape index (κ2) is 10.4. The average Bonchev–Trinajstić information content (AvgIpc) is 3.41. The summed E-state index contributed by atoms with van der Waals surface area (Å²) in [6.45, 7) is 2.74. The van der Waals surface area contributed by atoms with E-state index in [0.717, 1.165) is 47.5 Å². The first kappa shape index (κ1) is 24.6. The monoisotopic (exact) mass is 566 g/mol. The second-order valence-corrected chi connectivity index (χ2v) is 23.3. The van der Waals surface area contributed by atoms with Gasteiger partial charge < -0.3 is 4.74 Å². The van der Waals surface area contributed by atoms with Crippen molar-refractivity contribution in [2.24, 2.45) is 7.05 Å². The van der Waals surface area contributed by atoms with Crippen LogP contribution in [0, 0.1) is 0 Å². The molecule has 34 heavy (non-hydrogen) atoms. The Labute approximate surface area is 206 Å². The Morgan fingerprint density at radius 3 is 2.32 bits per heavy atom. The summed E-state index contributed by atoms with van der Waals surface area (Å²) in [5.74, 6) is 0.867. The molecule has 0 unspecified atom stereocenters. The molecule has 0 N–H and O–H groups in total. The predicted molar refractivity (Wildman–Crippen MR) is 138 cm³/mol. The number of nitrogens with zero attached hydrogens (tertiary/aromatic N) is 6. The number of aromatic nitrogens is 6. The Balaban J connectivity index is 1.67. The van der Waals surface area contributed by atoms with Crippen LogP contribution in [0.2, 0.25) is 14.8 Å². The topological polar surface area (TPSA) is 70.7 Å². The van der Waals surface area contributed by atoms with Gasteiger partial charge in [0, 0.05) is 14.2 Å².